The molecular weight excluding hydrogens is 833 g/mol. The van der Waals surface area contributed by atoms with Crippen LogP contribution >= 0.6 is 68.0 Å². The molecule has 0 aliphatic carbocycles. The maximum atomic E-state index is 2.56. The van der Waals surface area contributed by atoms with Gasteiger partial charge in [0, 0.05) is 115 Å². The van der Waals surface area contributed by atoms with E-state index in [9.17, 15) is 0 Å². The fraction of sp³-hybridized carbons (Fsp3) is 0.176. The van der Waals surface area contributed by atoms with Crippen LogP contribution in [0.5, 0.6) is 0 Å². The zero-order chi connectivity index (χ0) is 39.2. The van der Waals surface area contributed by atoms with E-state index in [1.165, 1.54) is 151 Å². The average molecular weight is 873 g/mol. The third-order valence-corrected chi connectivity index (χ3v) is 19.5. The number of rotatable bonds is 11. The highest BCUT2D eigenvalue weighted by Gasteiger charge is 2.18. The molecule has 59 heavy (non-hydrogen) atoms. The minimum absolute atomic E-state index is 1.09. The summed E-state index contributed by atoms with van der Waals surface area (Å²) in [6.07, 6.45) is 7.93. The van der Waals surface area contributed by atoms with Gasteiger partial charge in [0.25, 0.3) is 0 Å². The van der Waals surface area contributed by atoms with Crippen molar-refractivity contribution in [1.29, 1.82) is 0 Å². The lowest BCUT2D eigenvalue weighted by Gasteiger charge is -2.08. The molecule has 0 amide bonds. The van der Waals surface area contributed by atoms with E-state index in [-0.39, 0.29) is 0 Å². The summed E-state index contributed by atoms with van der Waals surface area (Å²) < 4.78 is 13.2. The van der Waals surface area contributed by atoms with Crippen LogP contribution in [0.3, 0.4) is 0 Å². The summed E-state index contributed by atoms with van der Waals surface area (Å²) in [5.41, 5.74) is 7.93. The van der Waals surface area contributed by atoms with Crippen LogP contribution in [-0.2, 0) is 13.6 Å². The van der Waals surface area contributed by atoms with Crippen molar-refractivity contribution in [2.75, 3.05) is 0 Å². The number of fused-ring (bicyclic) bond motifs is 9. The number of nitrogens with zero attached hydrogens (tertiary/aromatic N) is 2. The van der Waals surface area contributed by atoms with Crippen molar-refractivity contribution in [3.8, 4) is 40.4 Å². The molecule has 12 aromatic rings. The highest BCUT2D eigenvalue weighted by molar-refractivity contribution is 7.36. The lowest BCUT2D eigenvalue weighted by atomic mass is 10.1. The number of benzene rings is 4. The van der Waals surface area contributed by atoms with E-state index < -0.39 is 0 Å². The van der Waals surface area contributed by atoms with Gasteiger partial charge < -0.3 is 9.13 Å². The molecule has 8 aromatic heterocycles. The molecule has 0 saturated heterocycles. The summed E-state index contributed by atoms with van der Waals surface area (Å²) in [6, 6.07) is 46.4. The topological polar surface area (TPSA) is 9.86 Å². The van der Waals surface area contributed by atoms with Crippen molar-refractivity contribution in [2.45, 2.75) is 52.0 Å². The predicted octanol–water partition coefficient (Wildman–Crippen LogP) is 18.3. The van der Waals surface area contributed by atoms with Gasteiger partial charge in [-0.05, 0) is 90.3 Å². The van der Waals surface area contributed by atoms with E-state index in [2.05, 4.69) is 144 Å². The van der Waals surface area contributed by atoms with Crippen LogP contribution < -0.4 is 0 Å². The summed E-state index contributed by atoms with van der Waals surface area (Å²) >= 11 is 11.6. The van der Waals surface area contributed by atoms with Gasteiger partial charge in [-0.2, -0.15) is 0 Å². The Morgan fingerprint density at radius 3 is 1.32 bits per heavy atom. The quantitative estimate of drug-likeness (QED) is 0.115. The van der Waals surface area contributed by atoms with Gasteiger partial charge in [-0.15, -0.1) is 68.0 Å². The number of para-hydroxylation sites is 2. The molecule has 4 aromatic carbocycles. The van der Waals surface area contributed by atoms with Crippen LogP contribution in [0.15, 0.2) is 121 Å². The van der Waals surface area contributed by atoms with Gasteiger partial charge in [0.05, 0.1) is 0 Å². The minimum Gasteiger partial charge on any atom is -0.344 e. The zero-order valence-electron chi connectivity index (χ0n) is 32.8. The second-order valence-corrected chi connectivity index (χ2v) is 22.3. The molecule has 8 heteroatoms. The number of hydrogen-bond donors (Lipinski definition) is 0. The van der Waals surface area contributed by atoms with Gasteiger partial charge in [-0.1, -0.05) is 87.6 Å². The largest absolute Gasteiger partial charge is 0.344 e. The Labute approximate surface area is 366 Å². The number of aryl methyl sites for hydroxylation is 2. The first-order chi connectivity index (χ1) is 29.1. The first-order valence-electron chi connectivity index (χ1n) is 20.7. The summed E-state index contributed by atoms with van der Waals surface area (Å²) in [4.78, 5) is 8.22. The van der Waals surface area contributed by atoms with Crippen LogP contribution in [0.1, 0.15) is 45.4 Å². The lowest BCUT2D eigenvalue weighted by molar-refractivity contribution is 0.571. The van der Waals surface area contributed by atoms with Gasteiger partial charge in [-0.25, -0.2) is 0 Å². The van der Waals surface area contributed by atoms with E-state index in [1.54, 1.807) is 0 Å². The van der Waals surface area contributed by atoms with E-state index in [4.69, 9.17) is 0 Å². The Morgan fingerprint density at radius 1 is 0.373 bits per heavy atom. The van der Waals surface area contributed by atoms with Crippen molar-refractivity contribution >= 4 is 140 Å². The van der Waals surface area contributed by atoms with Crippen LogP contribution in [0.2, 0.25) is 0 Å². The summed E-state index contributed by atoms with van der Waals surface area (Å²) in [7, 11) is 2.17. The molecule has 0 atom stereocenters. The third-order valence-electron chi connectivity index (χ3n) is 12.1. The smallest absolute Gasteiger partial charge is 0.0491 e. The zero-order valence-corrected chi connectivity index (χ0v) is 37.7. The molecular formula is C51H40N2S6. The van der Waals surface area contributed by atoms with Crippen molar-refractivity contribution in [2.24, 2.45) is 7.05 Å². The maximum absolute atomic E-state index is 2.56. The summed E-state index contributed by atoms with van der Waals surface area (Å²) in [6.45, 7) is 3.38. The Balaban J connectivity index is 0.781. The number of unbranched alkanes of at least 4 members (excludes halogenated alkanes) is 5. The Bertz CT molecular complexity index is 3430. The van der Waals surface area contributed by atoms with Gasteiger partial charge in [-0.3, -0.25) is 0 Å². The maximum Gasteiger partial charge on any atom is 0.0491 e. The molecule has 12 rings (SSSR count). The van der Waals surface area contributed by atoms with Crippen LogP contribution in [0.4, 0.5) is 0 Å². The SMILES string of the molecule is CCCCCCCCn1c2ccccc2c2cc(-c3cc4sc(-c5cc6sc(-c7cc8sc(-c9ccc%10c(c9)c9ccccc9n%10C)cc8s7)cc6s5)cc4s3)ccc21. The summed E-state index contributed by atoms with van der Waals surface area (Å²) in [5.74, 6) is 0. The molecule has 0 aliphatic rings. The molecule has 0 unspecified atom stereocenters. The molecule has 0 spiro atoms. The third kappa shape index (κ3) is 6.17. The van der Waals surface area contributed by atoms with Crippen LogP contribution in [0.25, 0.3) is 112 Å². The van der Waals surface area contributed by atoms with E-state index in [1.807, 2.05) is 68.0 Å². The van der Waals surface area contributed by atoms with E-state index >= 15 is 0 Å². The van der Waals surface area contributed by atoms with Crippen LogP contribution in [0, 0.1) is 0 Å². The minimum atomic E-state index is 1.09. The second kappa shape index (κ2) is 14.6. The summed E-state index contributed by atoms with van der Waals surface area (Å²) in [5, 5.41) is 5.40. The molecule has 0 fully saturated rings. The van der Waals surface area contributed by atoms with Crippen LogP contribution in [-0.4, -0.2) is 9.13 Å². The molecule has 2 nitrogen and oxygen atoms in total. The first-order valence-corrected chi connectivity index (χ1v) is 25.6. The number of aromatic nitrogens is 2. The van der Waals surface area contributed by atoms with Gasteiger partial charge >= 0.3 is 0 Å². The van der Waals surface area contributed by atoms with Crippen molar-refractivity contribution in [3.05, 3.63) is 121 Å². The fourth-order valence-electron chi connectivity index (χ4n) is 9.10. The van der Waals surface area contributed by atoms with Crippen molar-refractivity contribution in [3.63, 3.8) is 0 Å². The lowest BCUT2D eigenvalue weighted by Crippen LogP contribution is -1.97. The molecule has 0 aliphatic heterocycles. The number of thiophene rings is 6. The van der Waals surface area contributed by atoms with Gasteiger partial charge in [0.2, 0.25) is 0 Å². The molecule has 0 saturated carbocycles. The first kappa shape index (κ1) is 36.3. The van der Waals surface area contributed by atoms with Crippen molar-refractivity contribution < 1.29 is 0 Å². The monoisotopic (exact) mass is 872 g/mol. The highest BCUT2D eigenvalue weighted by atomic mass is 32.1. The Kier molecular flexibility index (Phi) is 8.97. The molecule has 290 valence electrons. The normalized spacial score (nSPS) is 12.4. The second-order valence-electron chi connectivity index (χ2n) is 15.8. The highest BCUT2D eigenvalue weighted by Crippen LogP contribution is 2.50. The number of hydrogen-bond acceptors (Lipinski definition) is 6. The average Bonchev–Trinajstić information content (AvgIpc) is 4.12. The van der Waals surface area contributed by atoms with Crippen molar-refractivity contribution in [1.82, 2.24) is 9.13 Å². The molecule has 0 radical (unpaired) electrons. The standard InChI is InChI=1S/C51H40N2S6/c1-3-4-5-6-7-12-21-53-38-16-11-9-14-33(38)35-23-31(18-20-39(35)53)41-25-43-45(55-41)27-47(57-43)49-29-51-50(59-49)28-48(58-51)46-26-44-42(56-46)24-40(54-44)30-17-19-37-34(22-30)32-13-8-10-15-36(32)52(37)2/h8-11,13-20,22-29H,3-7,12,21H2,1-2H3. The van der Waals surface area contributed by atoms with E-state index in [0.717, 1.165) is 6.54 Å². The Hall–Kier alpha value is -4.54. The molecule has 8 heterocycles. The van der Waals surface area contributed by atoms with Gasteiger partial charge in [0.15, 0.2) is 0 Å². The molecule has 0 N–H and O–H groups in total. The Morgan fingerprint density at radius 2 is 0.763 bits per heavy atom. The van der Waals surface area contributed by atoms with E-state index in [0.29, 0.717) is 0 Å². The predicted molar refractivity (Wildman–Crippen MR) is 268 cm³/mol. The van der Waals surface area contributed by atoms with Gasteiger partial charge in [0.1, 0.15) is 0 Å². The molecule has 0 bridgehead atoms. The fourth-order valence-corrected chi connectivity index (χ4v) is 16.4.